The highest BCUT2D eigenvalue weighted by Gasteiger charge is 2.22. The van der Waals surface area contributed by atoms with E-state index in [0.717, 1.165) is 18.0 Å². The van der Waals surface area contributed by atoms with Crippen molar-refractivity contribution in [3.63, 3.8) is 0 Å². The number of carbonyl (C=O) groups is 2. The van der Waals surface area contributed by atoms with Crippen LogP contribution in [0.15, 0.2) is 47.4 Å². The summed E-state index contributed by atoms with van der Waals surface area (Å²) in [5, 5.41) is 2.41. The van der Waals surface area contributed by atoms with Crippen LogP contribution < -0.4 is 0 Å². The number of thioether (sulfide) groups is 1. The van der Waals surface area contributed by atoms with Crippen molar-refractivity contribution >= 4 is 34.3 Å². The van der Waals surface area contributed by atoms with Gasteiger partial charge in [-0.3, -0.25) is 14.5 Å². The fourth-order valence-corrected chi connectivity index (χ4v) is 3.83. The summed E-state index contributed by atoms with van der Waals surface area (Å²) >= 11 is 1.59. The lowest BCUT2D eigenvalue weighted by Crippen LogP contribution is -2.51. The first-order valence-electron chi connectivity index (χ1n) is 8.85. The van der Waals surface area contributed by atoms with Crippen molar-refractivity contribution < 1.29 is 9.59 Å². The van der Waals surface area contributed by atoms with E-state index in [2.05, 4.69) is 35.2 Å². The summed E-state index contributed by atoms with van der Waals surface area (Å²) in [4.78, 5) is 31.0. The Morgan fingerprint density at radius 1 is 1.00 bits per heavy atom. The Kier molecular flexibility index (Phi) is 6.16. The van der Waals surface area contributed by atoms with Crippen molar-refractivity contribution in [3.05, 3.63) is 42.5 Å². The first-order chi connectivity index (χ1) is 12.5. The number of carbonyl (C=O) groups excluding carboxylic acids is 2. The second-order valence-electron chi connectivity index (χ2n) is 6.74. The second kappa shape index (κ2) is 8.56. The normalized spacial score (nSPS) is 15.2. The summed E-state index contributed by atoms with van der Waals surface area (Å²) in [5.41, 5.74) is 0. The molecule has 0 spiro atoms. The van der Waals surface area contributed by atoms with Gasteiger partial charge in [-0.05, 0) is 22.9 Å². The number of rotatable bonds is 5. The molecule has 5 nitrogen and oxygen atoms in total. The lowest BCUT2D eigenvalue weighted by Gasteiger charge is -2.34. The van der Waals surface area contributed by atoms with Crippen molar-refractivity contribution in [1.29, 1.82) is 0 Å². The van der Waals surface area contributed by atoms with Crippen LogP contribution in [0.1, 0.15) is 0 Å². The van der Waals surface area contributed by atoms with Gasteiger partial charge in [-0.25, -0.2) is 0 Å². The molecule has 3 rings (SSSR count). The molecule has 0 N–H and O–H groups in total. The van der Waals surface area contributed by atoms with Crippen LogP contribution in [0.5, 0.6) is 0 Å². The molecule has 2 aromatic rings. The maximum Gasteiger partial charge on any atom is 0.236 e. The van der Waals surface area contributed by atoms with Gasteiger partial charge in [-0.2, -0.15) is 0 Å². The molecule has 26 heavy (non-hydrogen) atoms. The fraction of sp³-hybridized carbons (Fsp3) is 0.400. The molecule has 1 aliphatic rings. The molecular weight excluding hydrogens is 346 g/mol. The predicted molar refractivity (Wildman–Crippen MR) is 106 cm³/mol. The number of fused-ring (bicyclic) bond motifs is 1. The zero-order valence-corrected chi connectivity index (χ0v) is 16.2. The number of benzene rings is 2. The molecule has 1 aliphatic heterocycles. The molecule has 138 valence electrons. The Bertz CT molecular complexity index is 785. The molecule has 1 heterocycles. The van der Waals surface area contributed by atoms with E-state index < -0.39 is 0 Å². The smallest absolute Gasteiger partial charge is 0.236 e. The molecular formula is C20H25N3O2S. The number of hydrogen-bond acceptors (Lipinski definition) is 4. The van der Waals surface area contributed by atoms with E-state index in [9.17, 15) is 9.59 Å². The number of nitrogens with zero attached hydrogens (tertiary/aromatic N) is 3. The van der Waals surface area contributed by atoms with Crippen LogP contribution in [0.4, 0.5) is 0 Å². The summed E-state index contributed by atoms with van der Waals surface area (Å²) in [6.45, 7) is 3.33. The third-order valence-electron chi connectivity index (χ3n) is 4.67. The maximum absolute atomic E-state index is 12.5. The van der Waals surface area contributed by atoms with E-state index in [1.807, 2.05) is 17.0 Å². The van der Waals surface area contributed by atoms with Crippen molar-refractivity contribution in [1.82, 2.24) is 14.7 Å². The van der Waals surface area contributed by atoms with E-state index in [1.54, 1.807) is 30.8 Å². The fourth-order valence-electron chi connectivity index (χ4n) is 2.98. The summed E-state index contributed by atoms with van der Waals surface area (Å²) in [7, 11) is 3.54. The Hall–Kier alpha value is -2.05. The SMILES string of the molecule is CN(C)C(=O)CN1CCN(C(=O)CSc2ccc3ccccc3c2)CC1. The zero-order valence-electron chi connectivity index (χ0n) is 15.4. The van der Waals surface area contributed by atoms with Crippen molar-refractivity contribution in [2.24, 2.45) is 0 Å². The molecule has 0 bridgehead atoms. The lowest BCUT2D eigenvalue weighted by atomic mass is 10.1. The number of hydrogen-bond donors (Lipinski definition) is 0. The first kappa shape index (κ1) is 18.7. The molecule has 1 saturated heterocycles. The van der Waals surface area contributed by atoms with Gasteiger partial charge in [0.05, 0.1) is 12.3 Å². The lowest BCUT2D eigenvalue weighted by molar-refractivity contribution is -0.132. The van der Waals surface area contributed by atoms with Gasteiger partial charge in [0.15, 0.2) is 0 Å². The van der Waals surface area contributed by atoms with Crippen LogP contribution in [0, 0.1) is 0 Å². The van der Waals surface area contributed by atoms with Crippen LogP contribution in [-0.2, 0) is 9.59 Å². The highest BCUT2D eigenvalue weighted by molar-refractivity contribution is 8.00. The van der Waals surface area contributed by atoms with E-state index in [1.165, 1.54) is 10.8 Å². The van der Waals surface area contributed by atoms with Crippen LogP contribution in [-0.4, -0.2) is 79.1 Å². The van der Waals surface area contributed by atoms with Gasteiger partial charge in [0, 0.05) is 45.2 Å². The molecule has 0 saturated carbocycles. The molecule has 0 radical (unpaired) electrons. The Morgan fingerprint density at radius 3 is 2.38 bits per heavy atom. The van der Waals surface area contributed by atoms with Gasteiger partial charge in [0.1, 0.15) is 0 Å². The molecule has 0 unspecified atom stereocenters. The van der Waals surface area contributed by atoms with E-state index in [0.29, 0.717) is 25.4 Å². The second-order valence-corrected chi connectivity index (χ2v) is 7.79. The van der Waals surface area contributed by atoms with Crippen LogP contribution in [0.3, 0.4) is 0 Å². The van der Waals surface area contributed by atoms with Crippen molar-refractivity contribution in [2.45, 2.75) is 4.90 Å². The average molecular weight is 372 g/mol. The van der Waals surface area contributed by atoms with E-state index >= 15 is 0 Å². The van der Waals surface area contributed by atoms with Gasteiger partial charge in [0.25, 0.3) is 0 Å². The molecule has 0 atom stereocenters. The third-order valence-corrected chi connectivity index (χ3v) is 5.64. The number of piperazine rings is 1. The summed E-state index contributed by atoms with van der Waals surface area (Å²) in [6.07, 6.45) is 0. The topological polar surface area (TPSA) is 43.9 Å². The van der Waals surface area contributed by atoms with Crippen LogP contribution in [0.25, 0.3) is 10.8 Å². The molecule has 1 fully saturated rings. The Labute approximate surface area is 158 Å². The number of likely N-dealkylation sites (N-methyl/N-ethyl adjacent to an activating group) is 1. The average Bonchev–Trinajstić information content (AvgIpc) is 2.66. The molecule has 0 aliphatic carbocycles. The Balaban J connectivity index is 1.47. The Morgan fingerprint density at radius 2 is 1.69 bits per heavy atom. The maximum atomic E-state index is 12.5. The minimum atomic E-state index is 0.108. The minimum absolute atomic E-state index is 0.108. The van der Waals surface area contributed by atoms with Crippen molar-refractivity contribution in [3.8, 4) is 0 Å². The summed E-state index contributed by atoms with van der Waals surface area (Å²) in [5.74, 6) is 0.730. The largest absolute Gasteiger partial charge is 0.348 e. The highest BCUT2D eigenvalue weighted by atomic mass is 32.2. The quantitative estimate of drug-likeness (QED) is 0.756. The minimum Gasteiger partial charge on any atom is -0.348 e. The summed E-state index contributed by atoms with van der Waals surface area (Å²) < 4.78 is 0. The standard InChI is InChI=1S/C20H25N3O2S/c1-21(2)19(24)14-22-9-11-23(12-10-22)20(25)15-26-18-8-7-16-5-3-4-6-17(16)13-18/h3-8,13H,9-12,14-15H2,1-2H3. The van der Waals surface area contributed by atoms with E-state index in [-0.39, 0.29) is 11.8 Å². The monoisotopic (exact) mass is 371 g/mol. The molecule has 2 amide bonds. The molecule has 6 heteroatoms. The van der Waals surface area contributed by atoms with Gasteiger partial charge in [-0.1, -0.05) is 30.3 Å². The zero-order chi connectivity index (χ0) is 18.5. The highest BCUT2D eigenvalue weighted by Crippen LogP contribution is 2.24. The third kappa shape index (κ3) is 4.77. The van der Waals surface area contributed by atoms with Gasteiger partial charge in [-0.15, -0.1) is 11.8 Å². The van der Waals surface area contributed by atoms with E-state index in [4.69, 9.17) is 0 Å². The molecule has 2 aromatic carbocycles. The van der Waals surface area contributed by atoms with Crippen LogP contribution >= 0.6 is 11.8 Å². The van der Waals surface area contributed by atoms with Crippen LogP contribution in [0.2, 0.25) is 0 Å². The van der Waals surface area contributed by atoms with Gasteiger partial charge >= 0.3 is 0 Å². The predicted octanol–water partition coefficient (Wildman–Crippen LogP) is 2.16. The van der Waals surface area contributed by atoms with Crippen molar-refractivity contribution in [2.75, 3.05) is 52.6 Å². The number of amides is 2. The first-order valence-corrected chi connectivity index (χ1v) is 9.83. The molecule has 0 aromatic heterocycles. The van der Waals surface area contributed by atoms with Gasteiger partial charge < -0.3 is 9.80 Å². The van der Waals surface area contributed by atoms with Gasteiger partial charge in [0.2, 0.25) is 11.8 Å². The summed E-state index contributed by atoms with van der Waals surface area (Å²) in [6, 6.07) is 14.6.